The minimum Gasteiger partial charge on any atom is -0.325 e. The number of rotatable bonds is 4. The molecule has 2 N–H and O–H groups in total. The van der Waals surface area contributed by atoms with E-state index >= 15 is 0 Å². The van der Waals surface area contributed by atoms with Crippen molar-refractivity contribution < 1.29 is 19.2 Å². The van der Waals surface area contributed by atoms with Gasteiger partial charge in [-0.15, -0.1) is 23.2 Å². The molecule has 8 heteroatoms. The largest absolute Gasteiger partial charge is 0.325 e. The Morgan fingerprint density at radius 3 is 1.39 bits per heavy atom. The molecule has 144 valence electrons. The van der Waals surface area contributed by atoms with Crippen LogP contribution in [0.15, 0.2) is 36.4 Å². The summed E-state index contributed by atoms with van der Waals surface area (Å²) in [6.45, 7) is 3.06. The lowest BCUT2D eigenvalue weighted by Gasteiger charge is -2.19. The third kappa shape index (κ3) is 3.79. The Morgan fingerprint density at radius 2 is 1.07 bits per heavy atom. The predicted molar refractivity (Wildman–Crippen MR) is 108 cm³/mol. The molecule has 2 aromatic carbocycles. The third-order valence-corrected chi connectivity index (χ3v) is 4.67. The smallest absolute Gasteiger partial charge is 0.242 e. The van der Waals surface area contributed by atoms with Crippen molar-refractivity contribution in [3.63, 3.8) is 0 Å². The molecule has 2 unspecified atom stereocenters. The van der Waals surface area contributed by atoms with Crippen molar-refractivity contribution >= 4 is 58.0 Å². The number of hydrogen-bond donors (Lipinski definition) is 2. The van der Waals surface area contributed by atoms with Gasteiger partial charge in [-0.25, -0.2) is 0 Å². The molecule has 0 saturated heterocycles. The van der Waals surface area contributed by atoms with Crippen molar-refractivity contribution in [3.05, 3.63) is 58.7 Å². The fourth-order valence-electron chi connectivity index (χ4n) is 2.79. The fraction of sp³-hybridized carbons (Fsp3) is 0.200. The highest BCUT2D eigenvalue weighted by Gasteiger charge is 2.30. The summed E-state index contributed by atoms with van der Waals surface area (Å²) in [6.07, 6.45) is 0. The fourth-order valence-corrected chi connectivity index (χ4v) is 2.90. The standard InChI is InChI=1S/C20H16Cl2N2O4/c1-9(21)19(27)23-11-3-5-13-15(7-11)17(25)14-6-4-12(8-16(14)18(13)26)24-20(28)10(2)22/h3-10H,1-2H3,(H,23,27)(H,24,28). The number of carbonyl (C=O) groups excluding carboxylic acids is 4. The molecule has 0 heterocycles. The lowest BCUT2D eigenvalue weighted by molar-refractivity contribution is -0.116. The van der Waals surface area contributed by atoms with Crippen molar-refractivity contribution in [2.24, 2.45) is 0 Å². The number of nitrogens with one attached hydrogen (secondary N) is 2. The van der Waals surface area contributed by atoms with Crippen LogP contribution in [0.4, 0.5) is 11.4 Å². The highest BCUT2D eigenvalue weighted by molar-refractivity contribution is 6.33. The number of halogens is 2. The van der Waals surface area contributed by atoms with Crippen molar-refractivity contribution in [2.45, 2.75) is 24.6 Å². The van der Waals surface area contributed by atoms with E-state index in [9.17, 15) is 19.2 Å². The van der Waals surface area contributed by atoms with Crippen LogP contribution < -0.4 is 10.6 Å². The van der Waals surface area contributed by atoms with Gasteiger partial charge in [0.05, 0.1) is 0 Å². The maximum Gasteiger partial charge on any atom is 0.242 e. The molecule has 0 radical (unpaired) electrons. The summed E-state index contributed by atoms with van der Waals surface area (Å²) in [7, 11) is 0. The lowest BCUT2D eigenvalue weighted by Crippen LogP contribution is -2.24. The molecule has 0 aromatic heterocycles. The van der Waals surface area contributed by atoms with Crippen LogP contribution in [0.25, 0.3) is 0 Å². The maximum atomic E-state index is 12.9. The van der Waals surface area contributed by atoms with Gasteiger partial charge >= 0.3 is 0 Å². The summed E-state index contributed by atoms with van der Waals surface area (Å²) in [5.74, 6) is -1.51. The van der Waals surface area contributed by atoms with E-state index in [1.807, 2.05) is 0 Å². The summed E-state index contributed by atoms with van der Waals surface area (Å²) >= 11 is 11.5. The van der Waals surface area contributed by atoms with Gasteiger partial charge in [-0.3, -0.25) is 19.2 Å². The van der Waals surface area contributed by atoms with E-state index in [1.165, 1.54) is 50.2 Å². The molecular formula is C20H16Cl2N2O4. The van der Waals surface area contributed by atoms with Crippen molar-refractivity contribution in [1.82, 2.24) is 0 Å². The average molecular weight is 419 g/mol. The summed E-state index contributed by atoms with van der Waals surface area (Å²) in [4.78, 5) is 49.3. The summed E-state index contributed by atoms with van der Waals surface area (Å²) in [6, 6.07) is 8.96. The molecule has 0 bridgehead atoms. The highest BCUT2D eigenvalue weighted by atomic mass is 35.5. The summed E-state index contributed by atoms with van der Waals surface area (Å²) in [5, 5.41) is 3.72. The van der Waals surface area contributed by atoms with Gasteiger partial charge in [0.15, 0.2) is 11.6 Å². The van der Waals surface area contributed by atoms with Gasteiger partial charge < -0.3 is 10.6 Å². The molecule has 1 aliphatic carbocycles. The summed E-state index contributed by atoms with van der Waals surface area (Å²) < 4.78 is 0. The van der Waals surface area contributed by atoms with E-state index in [4.69, 9.17) is 23.2 Å². The number of ketones is 2. The molecule has 28 heavy (non-hydrogen) atoms. The Bertz CT molecular complexity index is 934. The number of carbonyl (C=O) groups is 4. The second-order valence-electron chi connectivity index (χ2n) is 6.39. The average Bonchev–Trinajstić information content (AvgIpc) is 2.65. The molecule has 6 nitrogen and oxygen atoms in total. The van der Waals surface area contributed by atoms with Crippen LogP contribution in [-0.4, -0.2) is 34.1 Å². The first kappa shape index (κ1) is 20.0. The van der Waals surface area contributed by atoms with E-state index in [0.29, 0.717) is 11.4 Å². The first-order valence-electron chi connectivity index (χ1n) is 8.46. The predicted octanol–water partition coefficient (Wildman–Crippen LogP) is 3.59. The molecule has 0 aliphatic heterocycles. The Hall–Kier alpha value is -2.70. The van der Waals surface area contributed by atoms with E-state index < -0.39 is 22.6 Å². The van der Waals surface area contributed by atoms with E-state index in [1.54, 1.807) is 0 Å². The summed E-state index contributed by atoms with van der Waals surface area (Å²) in [5.41, 5.74) is 1.60. The Morgan fingerprint density at radius 1 is 0.714 bits per heavy atom. The lowest BCUT2D eigenvalue weighted by atomic mass is 9.83. The first-order valence-corrected chi connectivity index (χ1v) is 9.33. The van der Waals surface area contributed by atoms with Crippen LogP contribution >= 0.6 is 23.2 Å². The van der Waals surface area contributed by atoms with Gasteiger partial charge in [0, 0.05) is 33.6 Å². The quantitative estimate of drug-likeness (QED) is 0.633. The van der Waals surface area contributed by atoms with Gasteiger partial charge in [0.2, 0.25) is 11.8 Å². The molecule has 2 atom stereocenters. The number of hydrogen-bond acceptors (Lipinski definition) is 4. The molecule has 2 amide bonds. The van der Waals surface area contributed by atoms with Gasteiger partial charge in [-0.05, 0) is 50.2 Å². The minimum atomic E-state index is -0.738. The number of fused-ring (bicyclic) bond motifs is 2. The molecule has 0 fully saturated rings. The zero-order chi connectivity index (χ0) is 20.6. The number of benzene rings is 2. The zero-order valence-electron chi connectivity index (χ0n) is 15.0. The molecule has 1 aliphatic rings. The van der Waals surface area contributed by atoms with Crippen molar-refractivity contribution in [2.75, 3.05) is 10.6 Å². The number of alkyl halides is 2. The topological polar surface area (TPSA) is 92.3 Å². The van der Waals surface area contributed by atoms with Crippen LogP contribution in [0.5, 0.6) is 0 Å². The van der Waals surface area contributed by atoms with Gasteiger partial charge in [-0.1, -0.05) is 0 Å². The maximum absolute atomic E-state index is 12.9. The van der Waals surface area contributed by atoms with Crippen LogP contribution in [-0.2, 0) is 9.59 Å². The van der Waals surface area contributed by atoms with Gasteiger partial charge in [-0.2, -0.15) is 0 Å². The third-order valence-electron chi connectivity index (χ3n) is 4.28. The Labute approximate surface area is 171 Å². The molecule has 2 aromatic rings. The number of anilines is 2. The normalized spacial score (nSPS) is 14.6. The highest BCUT2D eigenvalue weighted by Crippen LogP contribution is 2.31. The van der Waals surface area contributed by atoms with Crippen molar-refractivity contribution in [1.29, 1.82) is 0 Å². The van der Waals surface area contributed by atoms with Crippen molar-refractivity contribution in [3.8, 4) is 0 Å². The Balaban J connectivity index is 1.96. The first-order chi connectivity index (χ1) is 13.2. The number of amides is 2. The van der Waals surface area contributed by atoms with Crippen LogP contribution in [0.3, 0.4) is 0 Å². The van der Waals surface area contributed by atoms with Crippen LogP contribution in [0.1, 0.15) is 45.7 Å². The van der Waals surface area contributed by atoms with E-state index in [2.05, 4.69) is 10.6 Å². The Kier molecular flexibility index (Phi) is 5.54. The molecule has 0 spiro atoms. The molecular weight excluding hydrogens is 403 g/mol. The second-order valence-corrected chi connectivity index (χ2v) is 7.70. The van der Waals surface area contributed by atoms with Gasteiger partial charge in [0.25, 0.3) is 0 Å². The molecule has 3 rings (SSSR count). The second kappa shape index (κ2) is 7.73. The zero-order valence-corrected chi connectivity index (χ0v) is 16.5. The van der Waals surface area contributed by atoms with Crippen LogP contribution in [0, 0.1) is 0 Å². The van der Waals surface area contributed by atoms with E-state index in [0.717, 1.165) is 0 Å². The SMILES string of the molecule is CC(Cl)C(=O)Nc1ccc2c(c1)C(=O)c1ccc(NC(=O)C(C)Cl)cc1C2=O. The van der Waals surface area contributed by atoms with E-state index in [-0.39, 0.29) is 33.8 Å². The van der Waals surface area contributed by atoms with Gasteiger partial charge in [0.1, 0.15) is 10.8 Å². The monoisotopic (exact) mass is 418 g/mol. The van der Waals surface area contributed by atoms with Crippen LogP contribution in [0.2, 0.25) is 0 Å². The minimum absolute atomic E-state index is 0.198. The molecule has 0 saturated carbocycles.